The third-order valence-electron chi connectivity index (χ3n) is 3.36. The second-order valence-electron chi connectivity index (χ2n) is 5.62. The number of aromatic nitrogens is 1. The monoisotopic (exact) mass is 391 g/mol. The highest BCUT2D eigenvalue weighted by molar-refractivity contribution is 8.00. The lowest BCUT2D eigenvalue weighted by Crippen LogP contribution is -2.22. The molecular formula is C18H21N3O5S. The van der Waals surface area contributed by atoms with Crippen LogP contribution in [0, 0.1) is 6.92 Å². The number of hydrogen-bond donors (Lipinski definition) is 2. The van der Waals surface area contributed by atoms with Gasteiger partial charge in [0.25, 0.3) is 5.91 Å². The number of thioether (sulfide) groups is 1. The number of amides is 2. The summed E-state index contributed by atoms with van der Waals surface area (Å²) in [4.78, 5) is 35.1. The van der Waals surface area contributed by atoms with Gasteiger partial charge in [-0.15, -0.1) is 11.8 Å². The smallest absolute Gasteiger partial charge is 0.316 e. The maximum absolute atomic E-state index is 11.8. The van der Waals surface area contributed by atoms with Gasteiger partial charge in [-0.25, -0.2) is 0 Å². The predicted octanol–water partition coefficient (Wildman–Crippen LogP) is 2.40. The summed E-state index contributed by atoms with van der Waals surface area (Å²) in [6.07, 6.45) is 0.916. The standard InChI is InChI=1S/C18H21N3O5S/c1-3-13-4-6-14(7-5-13)19-16(22)9-25-18(24)11-27-10-17(23)20-15-8-12(2)26-21-15/h4-8H,3,9-11H2,1-2H3,(H,19,22)(H,20,21,23). The van der Waals surface area contributed by atoms with Crippen molar-refractivity contribution in [2.45, 2.75) is 20.3 Å². The number of hydrogen-bond acceptors (Lipinski definition) is 7. The van der Waals surface area contributed by atoms with E-state index in [9.17, 15) is 14.4 Å². The van der Waals surface area contributed by atoms with E-state index in [0.29, 0.717) is 17.3 Å². The lowest BCUT2D eigenvalue weighted by Gasteiger charge is -2.07. The van der Waals surface area contributed by atoms with Crippen LogP contribution < -0.4 is 10.6 Å². The third kappa shape index (κ3) is 7.53. The van der Waals surface area contributed by atoms with E-state index in [1.54, 1.807) is 25.1 Å². The van der Waals surface area contributed by atoms with Crippen molar-refractivity contribution in [3.63, 3.8) is 0 Å². The van der Waals surface area contributed by atoms with E-state index < -0.39 is 11.9 Å². The zero-order valence-electron chi connectivity index (χ0n) is 15.1. The topological polar surface area (TPSA) is 111 Å². The maximum Gasteiger partial charge on any atom is 0.316 e. The molecule has 0 fully saturated rings. The minimum atomic E-state index is -0.568. The number of nitrogens with one attached hydrogen (secondary N) is 2. The number of rotatable bonds is 9. The molecule has 0 radical (unpaired) electrons. The molecule has 8 nitrogen and oxygen atoms in total. The van der Waals surface area contributed by atoms with Crippen molar-refractivity contribution in [2.24, 2.45) is 0 Å². The quantitative estimate of drug-likeness (QED) is 0.632. The highest BCUT2D eigenvalue weighted by atomic mass is 32.2. The van der Waals surface area contributed by atoms with E-state index >= 15 is 0 Å². The van der Waals surface area contributed by atoms with Crippen LogP contribution in [0.1, 0.15) is 18.2 Å². The van der Waals surface area contributed by atoms with Crippen LogP contribution in [0.2, 0.25) is 0 Å². The first-order valence-electron chi connectivity index (χ1n) is 8.31. The Labute approximate surface area is 161 Å². The zero-order chi connectivity index (χ0) is 19.6. The summed E-state index contributed by atoms with van der Waals surface area (Å²) in [6.45, 7) is 3.38. The fraction of sp³-hybridized carbons (Fsp3) is 0.333. The van der Waals surface area contributed by atoms with Gasteiger partial charge in [0.05, 0.1) is 11.5 Å². The van der Waals surface area contributed by atoms with E-state index in [1.807, 2.05) is 19.1 Å². The Morgan fingerprint density at radius 1 is 1.11 bits per heavy atom. The average molecular weight is 391 g/mol. The minimum Gasteiger partial charge on any atom is -0.455 e. The Kier molecular flexibility index (Phi) is 7.87. The molecule has 0 bridgehead atoms. The highest BCUT2D eigenvalue weighted by Crippen LogP contribution is 2.10. The average Bonchev–Trinajstić information content (AvgIpc) is 3.05. The van der Waals surface area contributed by atoms with Gasteiger partial charge in [0.2, 0.25) is 5.91 Å². The van der Waals surface area contributed by atoms with E-state index in [-0.39, 0.29) is 24.0 Å². The number of esters is 1. The van der Waals surface area contributed by atoms with Gasteiger partial charge in [-0.1, -0.05) is 24.2 Å². The van der Waals surface area contributed by atoms with Gasteiger partial charge in [-0.05, 0) is 31.0 Å². The lowest BCUT2D eigenvalue weighted by molar-refractivity contribution is -0.144. The largest absolute Gasteiger partial charge is 0.455 e. The molecule has 1 aromatic carbocycles. The molecule has 0 saturated heterocycles. The van der Waals surface area contributed by atoms with Crippen LogP contribution in [0.25, 0.3) is 0 Å². The summed E-state index contributed by atoms with van der Waals surface area (Å²) in [5.41, 5.74) is 1.81. The van der Waals surface area contributed by atoms with Crippen molar-refractivity contribution in [1.82, 2.24) is 5.16 Å². The van der Waals surface area contributed by atoms with Crippen LogP contribution in [0.5, 0.6) is 0 Å². The van der Waals surface area contributed by atoms with Crippen molar-refractivity contribution >= 4 is 41.1 Å². The number of carbonyl (C=O) groups is 3. The Morgan fingerprint density at radius 3 is 2.48 bits per heavy atom. The number of anilines is 2. The third-order valence-corrected chi connectivity index (χ3v) is 4.26. The normalized spacial score (nSPS) is 10.3. The van der Waals surface area contributed by atoms with Gasteiger partial charge in [-0.3, -0.25) is 14.4 Å². The number of ether oxygens (including phenoxy) is 1. The Balaban J connectivity index is 1.60. The molecule has 0 aliphatic heterocycles. The molecule has 1 aromatic heterocycles. The molecule has 2 rings (SSSR count). The molecule has 2 N–H and O–H groups in total. The summed E-state index contributed by atoms with van der Waals surface area (Å²) in [5, 5.41) is 8.83. The highest BCUT2D eigenvalue weighted by Gasteiger charge is 2.11. The first kappa shape index (κ1) is 20.5. The van der Waals surface area contributed by atoms with Crippen molar-refractivity contribution in [3.8, 4) is 0 Å². The minimum absolute atomic E-state index is 0.0380. The number of carbonyl (C=O) groups excluding carboxylic acids is 3. The molecule has 9 heteroatoms. The number of benzene rings is 1. The maximum atomic E-state index is 11.8. The van der Waals surface area contributed by atoms with Crippen LogP contribution in [0.3, 0.4) is 0 Å². The van der Waals surface area contributed by atoms with Gasteiger partial charge < -0.3 is 19.9 Å². The molecule has 2 amide bonds. The second-order valence-corrected chi connectivity index (χ2v) is 6.61. The van der Waals surface area contributed by atoms with Crippen molar-refractivity contribution in [3.05, 3.63) is 41.7 Å². The van der Waals surface area contributed by atoms with Crippen LogP contribution in [-0.4, -0.2) is 41.1 Å². The van der Waals surface area contributed by atoms with Crippen molar-refractivity contribution in [2.75, 3.05) is 28.7 Å². The fourth-order valence-corrected chi connectivity index (χ4v) is 2.65. The summed E-state index contributed by atoms with van der Waals surface area (Å²) in [7, 11) is 0. The molecule has 0 spiro atoms. The van der Waals surface area contributed by atoms with Crippen molar-refractivity contribution < 1.29 is 23.6 Å². The molecular weight excluding hydrogens is 370 g/mol. The van der Waals surface area contributed by atoms with Crippen LogP contribution in [-0.2, 0) is 25.5 Å². The van der Waals surface area contributed by atoms with Crippen LogP contribution >= 0.6 is 11.8 Å². The van der Waals surface area contributed by atoms with Gasteiger partial charge in [0, 0.05) is 11.8 Å². The fourth-order valence-electron chi connectivity index (χ4n) is 2.04. The Morgan fingerprint density at radius 2 is 1.85 bits per heavy atom. The number of nitrogens with zero attached hydrogens (tertiary/aromatic N) is 1. The summed E-state index contributed by atoms with van der Waals surface area (Å²) >= 11 is 1.08. The van der Waals surface area contributed by atoms with E-state index in [0.717, 1.165) is 18.2 Å². The summed E-state index contributed by atoms with van der Waals surface area (Å²) in [6, 6.07) is 9.02. The summed E-state index contributed by atoms with van der Waals surface area (Å²) < 4.78 is 9.73. The van der Waals surface area contributed by atoms with Crippen LogP contribution in [0.15, 0.2) is 34.9 Å². The van der Waals surface area contributed by atoms with Gasteiger partial charge in [0.1, 0.15) is 5.76 Å². The van der Waals surface area contributed by atoms with E-state index in [4.69, 9.17) is 9.26 Å². The molecule has 0 unspecified atom stereocenters. The SMILES string of the molecule is CCc1ccc(NC(=O)COC(=O)CSCC(=O)Nc2cc(C)on2)cc1. The van der Waals surface area contributed by atoms with Gasteiger partial charge in [-0.2, -0.15) is 0 Å². The second kappa shape index (κ2) is 10.4. The molecule has 2 aromatic rings. The van der Waals surface area contributed by atoms with E-state index in [1.165, 1.54) is 5.56 Å². The molecule has 0 aliphatic carbocycles. The first-order valence-corrected chi connectivity index (χ1v) is 9.47. The summed E-state index contributed by atoms with van der Waals surface area (Å²) in [5.74, 6) is -0.376. The Hall–Kier alpha value is -2.81. The molecule has 144 valence electrons. The van der Waals surface area contributed by atoms with Gasteiger partial charge >= 0.3 is 5.97 Å². The molecule has 27 heavy (non-hydrogen) atoms. The molecule has 1 heterocycles. The Bertz CT molecular complexity index is 789. The van der Waals surface area contributed by atoms with E-state index in [2.05, 4.69) is 15.8 Å². The first-order chi connectivity index (χ1) is 13.0. The molecule has 0 saturated carbocycles. The number of aryl methyl sites for hydroxylation is 2. The lowest BCUT2D eigenvalue weighted by atomic mass is 10.1. The van der Waals surface area contributed by atoms with Crippen LogP contribution in [0.4, 0.5) is 11.5 Å². The molecule has 0 aliphatic rings. The predicted molar refractivity (Wildman–Crippen MR) is 103 cm³/mol. The molecule has 0 atom stereocenters. The van der Waals surface area contributed by atoms with Crippen molar-refractivity contribution in [1.29, 1.82) is 0 Å². The zero-order valence-corrected chi connectivity index (χ0v) is 15.9. The van der Waals surface area contributed by atoms with Gasteiger partial charge in [0.15, 0.2) is 12.4 Å².